The molecule has 0 heterocycles. The van der Waals surface area contributed by atoms with Gasteiger partial charge in [-0.3, -0.25) is 9.59 Å². The van der Waals surface area contributed by atoms with E-state index < -0.39 is 12.0 Å². The number of aliphatic carboxylic acids is 1. The summed E-state index contributed by atoms with van der Waals surface area (Å²) >= 11 is 3.47. The Hall–Kier alpha value is -4.10. The van der Waals surface area contributed by atoms with E-state index in [0.29, 0.717) is 28.5 Å². The van der Waals surface area contributed by atoms with Gasteiger partial charge in [0.1, 0.15) is 11.5 Å². The third-order valence-electron chi connectivity index (χ3n) is 6.81. The lowest BCUT2D eigenvalue weighted by atomic mass is 9.98. The predicted octanol–water partition coefficient (Wildman–Crippen LogP) is 8.70. The third kappa shape index (κ3) is 8.44. The molecule has 4 rings (SSSR count). The van der Waals surface area contributed by atoms with Gasteiger partial charge in [-0.1, -0.05) is 96.9 Å². The van der Waals surface area contributed by atoms with E-state index in [4.69, 9.17) is 4.74 Å². The van der Waals surface area contributed by atoms with Crippen LogP contribution in [0.3, 0.4) is 0 Å². The molecular formula is C34H35BrN2O4. The molecule has 2 atom stereocenters. The van der Waals surface area contributed by atoms with E-state index >= 15 is 0 Å². The second-order valence-electron chi connectivity index (χ2n) is 10.1. The predicted molar refractivity (Wildman–Crippen MR) is 168 cm³/mol. The first-order valence-corrected chi connectivity index (χ1v) is 14.6. The Kier molecular flexibility index (Phi) is 10.6. The van der Waals surface area contributed by atoms with Crippen LogP contribution in [0.1, 0.15) is 55.1 Å². The molecular weight excluding hydrogens is 580 g/mol. The molecule has 0 aliphatic carbocycles. The van der Waals surface area contributed by atoms with Crippen molar-refractivity contribution in [3.05, 3.63) is 113 Å². The highest BCUT2D eigenvalue weighted by Gasteiger charge is 2.21. The average molecular weight is 616 g/mol. The van der Waals surface area contributed by atoms with Crippen LogP contribution in [0.4, 0.5) is 5.69 Å². The fraction of sp³-hybridized carbons (Fsp3) is 0.235. The molecule has 3 N–H and O–H groups in total. The Balaban J connectivity index is 1.55. The van der Waals surface area contributed by atoms with Crippen LogP contribution in [0.5, 0.6) is 11.5 Å². The van der Waals surface area contributed by atoms with Crippen molar-refractivity contribution in [3.8, 4) is 22.6 Å². The van der Waals surface area contributed by atoms with Crippen molar-refractivity contribution >= 4 is 33.5 Å². The number of carbonyl (C=O) groups excluding carboxylic acids is 1. The number of para-hydroxylation sites is 2. The number of hydrogen-bond acceptors (Lipinski definition) is 4. The van der Waals surface area contributed by atoms with Crippen molar-refractivity contribution in [2.24, 2.45) is 5.92 Å². The summed E-state index contributed by atoms with van der Waals surface area (Å²) < 4.78 is 6.89. The van der Waals surface area contributed by atoms with Crippen molar-refractivity contribution in [1.29, 1.82) is 0 Å². The fourth-order valence-corrected chi connectivity index (χ4v) is 5.07. The molecule has 0 spiro atoms. The van der Waals surface area contributed by atoms with Crippen molar-refractivity contribution in [2.45, 2.75) is 39.2 Å². The SMILES string of the molecule is CCCC(C)CNc1ccc(Br)cc1C(=O)NC(CC(=O)O)c1ccc(-c2ccccc2Oc2ccccc2)cc1. The van der Waals surface area contributed by atoms with E-state index in [1.807, 2.05) is 91.0 Å². The van der Waals surface area contributed by atoms with Crippen LogP contribution in [-0.2, 0) is 4.79 Å². The van der Waals surface area contributed by atoms with Gasteiger partial charge in [-0.25, -0.2) is 0 Å². The molecule has 212 valence electrons. The average Bonchev–Trinajstić information content (AvgIpc) is 2.97. The molecule has 0 saturated heterocycles. The highest BCUT2D eigenvalue weighted by atomic mass is 79.9. The number of carboxylic acids is 1. The summed E-state index contributed by atoms with van der Waals surface area (Å²) in [5, 5.41) is 16.0. The number of amides is 1. The summed E-state index contributed by atoms with van der Waals surface area (Å²) in [5.41, 5.74) is 3.70. The van der Waals surface area contributed by atoms with Crippen molar-refractivity contribution in [2.75, 3.05) is 11.9 Å². The summed E-state index contributed by atoms with van der Waals surface area (Å²) in [6.07, 6.45) is 1.94. The lowest BCUT2D eigenvalue weighted by molar-refractivity contribution is -0.137. The molecule has 0 aliphatic rings. The van der Waals surface area contributed by atoms with Crippen LogP contribution >= 0.6 is 15.9 Å². The van der Waals surface area contributed by atoms with Gasteiger partial charge < -0.3 is 20.5 Å². The molecule has 2 unspecified atom stereocenters. The lowest BCUT2D eigenvalue weighted by Crippen LogP contribution is -2.31. The minimum absolute atomic E-state index is 0.247. The fourth-order valence-electron chi connectivity index (χ4n) is 4.70. The molecule has 0 fully saturated rings. The van der Waals surface area contributed by atoms with Gasteiger partial charge in [0.05, 0.1) is 18.0 Å². The molecule has 0 aliphatic heterocycles. The van der Waals surface area contributed by atoms with Crippen LogP contribution in [0.2, 0.25) is 0 Å². The summed E-state index contributed by atoms with van der Waals surface area (Å²) in [6.45, 7) is 5.07. The number of carbonyl (C=O) groups is 2. The van der Waals surface area contributed by atoms with Crippen LogP contribution < -0.4 is 15.4 Å². The Morgan fingerprint density at radius 2 is 1.63 bits per heavy atom. The zero-order valence-corrected chi connectivity index (χ0v) is 24.9. The van der Waals surface area contributed by atoms with E-state index in [-0.39, 0.29) is 12.3 Å². The summed E-state index contributed by atoms with van der Waals surface area (Å²) in [5.74, 6) is 0.573. The molecule has 6 nitrogen and oxygen atoms in total. The number of rotatable bonds is 13. The van der Waals surface area contributed by atoms with Gasteiger partial charge in [-0.15, -0.1) is 0 Å². The number of carboxylic acid groups (broad SMARTS) is 1. The number of nitrogens with one attached hydrogen (secondary N) is 2. The van der Waals surface area contributed by atoms with E-state index in [1.54, 1.807) is 6.07 Å². The number of anilines is 1. The maximum atomic E-state index is 13.5. The maximum absolute atomic E-state index is 13.5. The van der Waals surface area contributed by atoms with Gasteiger partial charge >= 0.3 is 5.97 Å². The Morgan fingerprint density at radius 1 is 0.927 bits per heavy atom. The molecule has 4 aromatic rings. The van der Waals surface area contributed by atoms with Crippen molar-refractivity contribution < 1.29 is 19.4 Å². The third-order valence-corrected chi connectivity index (χ3v) is 7.31. The van der Waals surface area contributed by atoms with Crippen molar-refractivity contribution in [1.82, 2.24) is 5.32 Å². The van der Waals surface area contributed by atoms with E-state index in [9.17, 15) is 14.7 Å². The monoisotopic (exact) mass is 614 g/mol. The van der Waals surface area contributed by atoms with Gasteiger partial charge in [-0.05, 0) is 59.9 Å². The van der Waals surface area contributed by atoms with Crippen LogP contribution in [0.15, 0.2) is 102 Å². The molecule has 7 heteroatoms. The minimum Gasteiger partial charge on any atom is -0.481 e. The summed E-state index contributed by atoms with van der Waals surface area (Å²) in [6, 6.07) is 29.7. The second-order valence-corrected chi connectivity index (χ2v) is 11.0. The largest absolute Gasteiger partial charge is 0.481 e. The van der Waals surface area contributed by atoms with Crippen molar-refractivity contribution in [3.63, 3.8) is 0 Å². The minimum atomic E-state index is -0.998. The molecule has 0 bridgehead atoms. The number of hydrogen-bond donors (Lipinski definition) is 3. The quantitative estimate of drug-likeness (QED) is 0.140. The van der Waals surface area contributed by atoms with E-state index in [0.717, 1.165) is 40.7 Å². The van der Waals surface area contributed by atoms with Gasteiger partial charge in [0.25, 0.3) is 5.91 Å². The van der Waals surface area contributed by atoms with Gasteiger partial charge in [0.15, 0.2) is 0 Å². The maximum Gasteiger partial charge on any atom is 0.305 e. The van der Waals surface area contributed by atoms with Gasteiger partial charge in [-0.2, -0.15) is 0 Å². The molecule has 0 saturated carbocycles. The van der Waals surface area contributed by atoms with Crippen LogP contribution in [0, 0.1) is 5.92 Å². The normalized spacial score (nSPS) is 12.3. The molecule has 0 aromatic heterocycles. The van der Waals surface area contributed by atoms with Crippen LogP contribution in [0.25, 0.3) is 11.1 Å². The molecule has 41 heavy (non-hydrogen) atoms. The molecule has 4 aromatic carbocycles. The Labute approximate surface area is 249 Å². The van der Waals surface area contributed by atoms with Gasteiger partial charge in [0, 0.05) is 22.3 Å². The highest BCUT2D eigenvalue weighted by molar-refractivity contribution is 9.10. The first-order valence-electron chi connectivity index (χ1n) is 13.8. The summed E-state index contributed by atoms with van der Waals surface area (Å²) in [4.78, 5) is 25.3. The zero-order valence-electron chi connectivity index (χ0n) is 23.3. The highest BCUT2D eigenvalue weighted by Crippen LogP contribution is 2.34. The first kappa shape index (κ1) is 29.9. The van der Waals surface area contributed by atoms with Gasteiger partial charge in [0.2, 0.25) is 0 Å². The van der Waals surface area contributed by atoms with Crippen LogP contribution in [-0.4, -0.2) is 23.5 Å². The molecule has 1 amide bonds. The Morgan fingerprint density at radius 3 is 2.34 bits per heavy atom. The topological polar surface area (TPSA) is 87.7 Å². The molecule has 0 radical (unpaired) electrons. The standard InChI is InChI=1S/C34H35BrN2O4/c1-3-9-23(2)22-36-30-19-18-26(35)20-29(30)34(40)37-31(21-33(38)39)25-16-14-24(15-17-25)28-12-7-8-13-32(28)41-27-10-5-4-6-11-27/h4-8,10-20,23,31,36H,3,9,21-22H2,1-2H3,(H,37,40)(H,38,39). The number of benzene rings is 4. The Bertz CT molecular complexity index is 1460. The lowest BCUT2D eigenvalue weighted by Gasteiger charge is -2.20. The smallest absolute Gasteiger partial charge is 0.305 e. The summed E-state index contributed by atoms with van der Waals surface area (Å²) in [7, 11) is 0. The van der Waals surface area contributed by atoms with E-state index in [1.165, 1.54) is 0 Å². The van der Waals surface area contributed by atoms with E-state index in [2.05, 4.69) is 40.4 Å². The number of halogens is 1. The second kappa shape index (κ2) is 14.5. The first-order chi connectivity index (χ1) is 19.8. The zero-order chi connectivity index (χ0) is 29.2. The number of ether oxygens (including phenoxy) is 1.